The maximum atomic E-state index is 13.3. The Morgan fingerprint density at radius 1 is 0.943 bits per heavy atom. The molecule has 1 heterocycles. The van der Waals surface area contributed by atoms with Gasteiger partial charge in [-0.05, 0) is 73.2 Å². The number of hydrogen-bond acceptors (Lipinski definition) is 5. The van der Waals surface area contributed by atoms with Crippen LogP contribution < -0.4 is 20.8 Å². The highest BCUT2D eigenvalue weighted by Crippen LogP contribution is 2.33. The molecule has 0 spiro atoms. The van der Waals surface area contributed by atoms with Crippen molar-refractivity contribution < 1.29 is 18.7 Å². The van der Waals surface area contributed by atoms with E-state index in [9.17, 15) is 14.4 Å². The summed E-state index contributed by atoms with van der Waals surface area (Å²) in [6.45, 7) is 2.77. The zero-order valence-electron chi connectivity index (χ0n) is 18.8. The molecule has 3 aromatic carbocycles. The van der Waals surface area contributed by atoms with Crippen LogP contribution in [0.25, 0.3) is 22.3 Å². The first kappa shape index (κ1) is 24.3. The van der Waals surface area contributed by atoms with E-state index >= 15 is 0 Å². The van der Waals surface area contributed by atoms with Gasteiger partial charge in [0.1, 0.15) is 5.58 Å². The molecule has 35 heavy (non-hydrogen) atoms. The largest absolute Gasteiger partial charge is 0.476 e. The molecule has 0 aliphatic heterocycles. The lowest BCUT2D eigenvalue weighted by atomic mass is 10.1. The van der Waals surface area contributed by atoms with E-state index in [1.807, 2.05) is 0 Å². The van der Waals surface area contributed by atoms with Gasteiger partial charge in [-0.25, -0.2) is 0 Å². The Hall–Kier alpha value is -3.81. The first-order valence-electron chi connectivity index (χ1n) is 10.5. The number of anilines is 2. The quantitative estimate of drug-likeness (QED) is 0.329. The number of rotatable bonds is 6. The second-order valence-electron chi connectivity index (χ2n) is 7.79. The van der Waals surface area contributed by atoms with Gasteiger partial charge < -0.3 is 19.8 Å². The molecule has 2 N–H and O–H groups in total. The van der Waals surface area contributed by atoms with Crippen molar-refractivity contribution in [3.8, 4) is 17.1 Å². The number of hydrogen-bond donors (Lipinski definition) is 2. The number of benzene rings is 3. The minimum Gasteiger partial charge on any atom is -0.476 e. The summed E-state index contributed by atoms with van der Waals surface area (Å²) in [5, 5.41) is 6.50. The summed E-state index contributed by atoms with van der Waals surface area (Å²) in [7, 11) is 0. The van der Waals surface area contributed by atoms with E-state index < -0.39 is 17.9 Å². The fourth-order valence-corrected chi connectivity index (χ4v) is 3.69. The fraction of sp³-hybridized carbons (Fsp3) is 0.115. The molecule has 9 heteroatoms. The highest BCUT2D eigenvalue weighted by atomic mass is 35.5. The van der Waals surface area contributed by atoms with Gasteiger partial charge >= 0.3 is 0 Å². The molecule has 2 amide bonds. The Bertz CT molecular complexity index is 1480. The van der Waals surface area contributed by atoms with Gasteiger partial charge in [0.05, 0.1) is 5.39 Å². The summed E-state index contributed by atoms with van der Waals surface area (Å²) in [5.41, 5.74) is 2.30. The Labute approximate surface area is 210 Å². The molecule has 4 aromatic rings. The zero-order chi connectivity index (χ0) is 25.1. The molecule has 0 saturated heterocycles. The molecular weight excluding hydrogens is 491 g/mol. The number of aryl methyl sites for hydroxylation is 1. The van der Waals surface area contributed by atoms with Crippen LogP contribution in [-0.4, -0.2) is 18.4 Å². The Morgan fingerprint density at radius 3 is 2.20 bits per heavy atom. The molecule has 7 nitrogen and oxygen atoms in total. The normalized spacial score (nSPS) is 10.7. The van der Waals surface area contributed by atoms with Gasteiger partial charge in [-0.1, -0.05) is 23.2 Å². The highest BCUT2D eigenvalue weighted by Gasteiger charge is 2.20. The van der Waals surface area contributed by atoms with E-state index in [1.54, 1.807) is 61.5 Å². The van der Waals surface area contributed by atoms with Crippen LogP contribution in [0.15, 0.2) is 69.9 Å². The average Bonchev–Trinajstić information content (AvgIpc) is 2.81. The lowest BCUT2D eigenvalue weighted by Gasteiger charge is -2.13. The van der Waals surface area contributed by atoms with E-state index in [4.69, 9.17) is 32.4 Å². The van der Waals surface area contributed by atoms with E-state index in [0.29, 0.717) is 32.6 Å². The molecule has 0 fully saturated rings. The molecule has 4 rings (SSSR count). The van der Waals surface area contributed by atoms with Crippen LogP contribution in [0.4, 0.5) is 11.4 Å². The topological polar surface area (TPSA) is 97.6 Å². The van der Waals surface area contributed by atoms with Gasteiger partial charge in [-0.3, -0.25) is 14.4 Å². The number of nitrogens with one attached hydrogen (secondary N) is 2. The Balaban J connectivity index is 1.62. The number of carbonyl (C=O) groups excluding carboxylic acids is 2. The minimum absolute atomic E-state index is 0.115. The van der Waals surface area contributed by atoms with Gasteiger partial charge in [-0.2, -0.15) is 0 Å². The van der Waals surface area contributed by atoms with Crippen molar-refractivity contribution in [1.82, 2.24) is 0 Å². The molecule has 0 unspecified atom stereocenters. The third kappa shape index (κ3) is 5.65. The first-order valence-corrected chi connectivity index (χ1v) is 11.3. The van der Waals surface area contributed by atoms with E-state index in [1.165, 1.54) is 13.0 Å². The van der Waals surface area contributed by atoms with Gasteiger partial charge in [0, 0.05) is 33.9 Å². The van der Waals surface area contributed by atoms with E-state index in [0.717, 1.165) is 5.56 Å². The molecule has 0 saturated carbocycles. The number of fused-ring (bicyclic) bond motifs is 1. The van der Waals surface area contributed by atoms with Crippen LogP contribution in [0.2, 0.25) is 10.0 Å². The Kier molecular flexibility index (Phi) is 7.10. The standard InChI is InChI=1S/C26H20Cl2N2O5/c1-14-11-22-20(12-21(14)28)24(33)26(25(35-22)16-3-5-17(27)6-4-16)34-13-23(32)30-19-9-7-18(8-10-19)29-15(2)31/h3-12H,13H2,1-2H3,(H,29,31)(H,30,32). The molecule has 0 aliphatic carbocycles. The van der Waals surface area contributed by atoms with Crippen molar-refractivity contribution in [2.75, 3.05) is 17.2 Å². The second kappa shape index (κ2) is 10.2. The third-order valence-corrected chi connectivity index (χ3v) is 5.73. The predicted octanol–water partition coefficient (Wildman–Crippen LogP) is 6.05. The minimum atomic E-state index is -0.485. The van der Waals surface area contributed by atoms with E-state index in [-0.39, 0.29) is 22.8 Å². The van der Waals surface area contributed by atoms with E-state index in [2.05, 4.69) is 10.6 Å². The molecule has 178 valence electrons. The lowest BCUT2D eigenvalue weighted by Crippen LogP contribution is -2.22. The van der Waals surface area contributed by atoms with Crippen molar-refractivity contribution in [2.24, 2.45) is 0 Å². The SMILES string of the molecule is CC(=O)Nc1ccc(NC(=O)COc2c(-c3ccc(Cl)cc3)oc3cc(C)c(Cl)cc3c2=O)cc1. The van der Waals surface area contributed by atoms with Crippen LogP contribution in [0.1, 0.15) is 12.5 Å². The van der Waals surface area contributed by atoms with Crippen LogP contribution in [0.5, 0.6) is 5.75 Å². The summed E-state index contributed by atoms with van der Waals surface area (Å²) in [6, 6.07) is 16.5. The summed E-state index contributed by atoms with van der Waals surface area (Å²) in [5.74, 6) is -0.623. The summed E-state index contributed by atoms with van der Waals surface area (Å²) in [4.78, 5) is 37.0. The molecule has 0 atom stereocenters. The molecular formula is C26H20Cl2N2O5. The number of halogens is 2. The van der Waals surface area contributed by atoms with Crippen LogP contribution in [0, 0.1) is 6.92 Å². The second-order valence-corrected chi connectivity index (χ2v) is 8.63. The monoisotopic (exact) mass is 510 g/mol. The predicted molar refractivity (Wildman–Crippen MR) is 138 cm³/mol. The van der Waals surface area contributed by atoms with Crippen LogP contribution in [-0.2, 0) is 9.59 Å². The average molecular weight is 511 g/mol. The molecule has 0 bridgehead atoms. The number of ether oxygens (including phenoxy) is 1. The van der Waals surface area contributed by atoms with Crippen molar-refractivity contribution in [3.63, 3.8) is 0 Å². The molecule has 0 aliphatic rings. The van der Waals surface area contributed by atoms with Crippen molar-refractivity contribution in [1.29, 1.82) is 0 Å². The van der Waals surface area contributed by atoms with Gasteiger partial charge in [0.2, 0.25) is 17.1 Å². The Morgan fingerprint density at radius 2 is 1.57 bits per heavy atom. The third-order valence-electron chi connectivity index (χ3n) is 5.07. The fourth-order valence-electron chi connectivity index (χ4n) is 3.40. The lowest BCUT2D eigenvalue weighted by molar-refractivity contribution is -0.118. The van der Waals surface area contributed by atoms with Crippen molar-refractivity contribution in [3.05, 3.63) is 86.5 Å². The summed E-state index contributed by atoms with van der Waals surface area (Å²) >= 11 is 12.2. The van der Waals surface area contributed by atoms with Gasteiger partial charge in [-0.15, -0.1) is 0 Å². The highest BCUT2D eigenvalue weighted by molar-refractivity contribution is 6.32. The molecule has 0 radical (unpaired) electrons. The number of carbonyl (C=O) groups is 2. The zero-order valence-corrected chi connectivity index (χ0v) is 20.3. The molecule has 1 aromatic heterocycles. The summed E-state index contributed by atoms with van der Waals surface area (Å²) in [6.07, 6.45) is 0. The van der Waals surface area contributed by atoms with Crippen molar-refractivity contribution >= 4 is 57.4 Å². The summed E-state index contributed by atoms with van der Waals surface area (Å²) < 4.78 is 11.7. The van der Waals surface area contributed by atoms with Crippen molar-refractivity contribution in [2.45, 2.75) is 13.8 Å². The first-order chi connectivity index (χ1) is 16.7. The number of amides is 2. The maximum absolute atomic E-state index is 13.3. The van der Waals surface area contributed by atoms with Gasteiger partial charge in [0.25, 0.3) is 5.91 Å². The maximum Gasteiger partial charge on any atom is 0.262 e. The van der Waals surface area contributed by atoms with Crippen LogP contribution >= 0.6 is 23.2 Å². The van der Waals surface area contributed by atoms with Gasteiger partial charge in [0.15, 0.2) is 12.4 Å². The van der Waals surface area contributed by atoms with Crippen LogP contribution in [0.3, 0.4) is 0 Å². The smallest absolute Gasteiger partial charge is 0.262 e.